The lowest BCUT2D eigenvalue weighted by atomic mass is 9.99. The molecule has 0 aliphatic carbocycles. The fourth-order valence-corrected chi connectivity index (χ4v) is 3.76. The van der Waals surface area contributed by atoms with Gasteiger partial charge in [0, 0.05) is 36.7 Å². The highest BCUT2D eigenvalue weighted by Gasteiger charge is 2.43. The first kappa shape index (κ1) is 11.9. The summed E-state index contributed by atoms with van der Waals surface area (Å²) in [6.45, 7) is 3.93. The van der Waals surface area contributed by atoms with Crippen LogP contribution in [0.5, 0.6) is 0 Å². The minimum Gasteiger partial charge on any atom is -0.332 e. The van der Waals surface area contributed by atoms with Gasteiger partial charge in [0.15, 0.2) is 5.65 Å². The monoisotopic (exact) mass is 270 g/mol. The molecule has 2 aromatic heterocycles. The van der Waals surface area contributed by atoms with Crippen LogP contribution >= 0.6 is 0 Å². The van der Waals surface area contributed by atoms with Crippen molar-refractivity contribution >= 4 is 11.6 Å². The van der Waals surface area contributed by atoms with Crippen LogP contribution in [0.1, 0.15) is 49.2 Å². The van der Waals surface area contributed by atoms with Gasteiger partial charge in [-0.15, -0.1) is 0 Å². The van der Waals surface area contributed by atoms with E-state index < -0.39 is 0 Å². The zero-order valence-electron chi connectivity index (χ0n) is 11.8. The van der Waals surface area contributed by atoms with E-state index in [1.807, 2.05) is 30.6 Å². The van der Waals surface area contributed by atoms with Crippen LogP contribution in [0.3, 0.4) is 0 Å². The second kappa shape index (κ2) is 4.04. The highest BCUT2D eigenvalue weighted by atomic mass is 16.2. The normalized spacial score (nSPS) is 24.2. The Morgan fingerprint density at radius 1 is 1.45 bits per heavy atom. The average Bonchev–Trinajstić information content (AvgIpc) is 2.97. The Labute approximate surface area is 117 Å². The molecule has 0 saturated carbocycles. The number of carbonyl (C=O) groups excluding carboxylic acids is 1. The molecule has 2 aliphatic heterocycles. The van der Waals surface area contributed by atoms with Crippen LogP contribution < -0.4 is 0 Å². The Hall–Kier alpha value is -1.91. The van der Waals surface area contributed by atoms with Crippen molar-refractivity contribution in [2.75, 3.05) is 0 Å². The maximum Gasteiger partial charge on any atom is 0.223 e. The molecule has 20 heavy (non-hydrogen) atoms. The van der Waals surface area contributed by atoms with Crippen LogP contribution in [0, 0.1) is 6.92 Å². The molecule has 0 radical (unpaired) electrons. The van der Waals surface area contributed by atoms with Crippen LogP contribution in [0.4, 0.5) is 0 Å². The van der Waals surface area contributed by atoms with Crippen molar-refractivity contribution in [1.82, 2.24) is 19.5 Å². The molecule has 1 saturated heterocycles. The summed E-state index contributed by atoms with van der Waals surface area (Å²) < 4.78 is 1.98. The van der Waals surface area contributed by atoms with Crippen molar-refractivity contribution in [3.8, 4) is 0 Å². The summed E-state index contributed by atoms with van der Waals surface area (Å²) in [6.07, 6.45) is 5.58. The second-order valence-corrected chi connectivity index (χ2v) is 5.82. The van der Waals surface area contributed by atoms with Crippen LogP contribution in [-0.4, -0.2) is 31.4 Å². The number of carbonyl (C=O) groups is 1. The molecular weight excluding hydrogens is 252 g/mol. The SMILES string of the molecule is CCC(=O)N1[C@H]2CC[C@H]1c1cnc3cc(C)nn3c1C2. The number of hydrogen-bond donors (Lipinski definition) is 0. The van der Waals surface area contributed by atoms with Gasteiger partial charge in [0.05, 0.1) is 17.4 Å². The minimum absolute atomic E-state index is 0.206. The third-order valence-electron chi connectivity index (χ3n) is 4.62. The van der Waals surface area contributed by atoms with Gasteiger partial charge in [0.2, 0.25) is 5.91 Å². The Morgan fingerprint density at radius 3 is 3.10 bits per heavy atom. The Bertz CT molecular complexity index is 705. The number of hydrogen-bond acceptors (Lipinski definition) is 3. The molecule has 2 aliphatic rings. The summed E-state index contributed by atoms with van der Waals surface area (Å²) in [6, 6.07) is 2.55. The predicted molar refractivity (Wildman–Crippen MR) is 74.3 cm³/mol. The molecule has 2 aromatic rings. The van der Waals surface area contributed by atoms with Gasteiger partial charge < -0.3 is 4.90 Å². The van der Waals surface area contributed by atoms with Gasteiger partial charge in [0.1, 0.15) is 0 Å². The highest BCUT2D eigenvalue weighted by Crippen LogP contribution is 2.43. The lowest BCUT2D eigenvalue weighted by molar-refractivity contribution is -0.134. The van der Waals surface area contributed by atoms with Gasteiger partial charge in [-0.2, -0.15) is 5.10 Å². The molecule has 0 N–H and O–H groups in total. The Balaban J connectivity index is 1.88. The zero-order valence-corrected chi connectivity index (χ0v) is 11.8. The average molecular weight is 270 g/mol. The van der Waals surface area contributed by atoms with Crippen molar-refractivity contribution in [2.24, 2.45) is 0 Å². The molecule has 1 fully saturated rings. The summed E-state index contributed by atoms with van der Waals surface area (Å²) in [4.78, 5) is 18.8. The molecule has 0 unspecified atom stereocenters. The van der Waals surface area contributed by atoms with Crippen LogP contribution in [0.2, 0.25) is 0 Å². The van der Waals surface area contributed by atoms with Crippen LogP contribution in [0.15, 0.2) is 12.3 Å². The van der Waals surface area contributed by atoms with E-state index in [4.69, 9.17) is 0 Å². The predicted octanol–water partition coefficient (Wildman–Crippen LogP) is 2.04. The van der Waals surface area contributed by atoms with Crippen molar-refractivity contribution < 1.29 is 4.79 Å². The number of fused-ring (bicyclic) bond motifs is 6. The Kier molecular flexibility index (Phi) is 2.40. The molecule has 4 rings (SSSR count). The van der Waals surface area contributed by atoms with Crippen LogP contribution in [-0.2, 0) is 11.2 Å². The summed E-state index contributed by atoms with van der Waals surface area (Å²) in [5.41, 5.74) is 4.34. The van der Waals surface area contributed by atoms with Gasteiger partial charge in [-0.05, 0) is 19.8 Å². The molecule has 2 bridgehead atoms. The molecule has 1 amide bonds. The van der Waals surface area contributed by atoms with E-state index in [1.54, 1.807) is 0 Å². The first-order chi connectivity index (χ1) is 9.69. The summed E-state index contributed by atoms with van der Waals surface area (Å²) in [5, 5.41) is 4.56. The minimum atomic E-state index is 0.206. The van der Waals surface area contributed by atoms with Gasteiger partial charge in [-0.1, -0.05) is 6.92 Å². The number of aryl methyl sites for hydroxylation is 1. The summed E-state index contributed by atoms with van der Waals surface area (Å²) in [5.74, 6) is 0.264. The fraction of sp³-hybridized carbons (Fsp3) is 0.533. The van der Waals surface area contributed by atoms with Crippen LogP contribution in [0.25, 0.3) is 5.65 Å². The largest absolute Gasteiger partial charge is 0.332 e. The number of nitrogens with zero attached hydrogens (tertiary/aromatic N) is 4. The first-order valence-corrected chi connectivity index (χ1v) is 7.34. The van der Waals surface area contributed by atoms with Crippen molar-refractivity contribution in [2.45, 2.75) is 51.6 Å². The highest BCUT2D eigenvalue weighted by molar-refractivity contribution is 5.77. The molecule has 5 heteroatoms. The number of aromatic nitrogens is 3. The smallest absolute Gasteiger partial charge is 0.223 e. The van der Waals surface area contributed by atoms with Gasteiger partial charge in [-0.3, -0.25) is 4.79 Å². The van der Waals surface area contributed by atoms with E-state index in [9.17, 15) is 4.79 Å². The third-order valence-corrected chi connectivity index (χ3v) is 4.62. The third kappa shape index (κ3) is 1.46. The van der Waals surface area contributed by atoms with E-state index in [0.29, 0.717) is 12.5 Å². The molecule has 104 valence electrons. The maximum absolute atomic E-state index is 12.2. The molecule has 4 heterocycles. The van der Waals surface area contributed by atoms with Crippen molar-refractivity contribution in [3.63, 3.8) is 0 Å². The zero-order chi connectivity index (χ0) is 13.9. The lowest BCUT2D eigenvalue weighted by Crippen LogP contribution is -2.42. The van der Waals surface area contributed by atoms with Crippen molar-refractivity contribution in [1.29, 1.82) is 0 Å². The number of rotatable bonds is 1. The second-order valence-electron chi connectivity index (χ2n) is 5.82. The molecular formula is C15H18N4O. The molecule has 2 atom stereocenters. The Morgan fingerprint density at radius 2 is 2.30 bits per heavy atom. The maximum atomic E-state index is 12.2. The van der Waals surface area contributed by atoms with Gasteiger partial charge in [0.25, 0.3) is 0 Å². The van der Waals surface area contributed by atoms with Gasteiger partial charge in [-0.25, -0.2) is 9.50 Å². The van der Waals surface area contributed by atoms with E-state index in [1.165, 1.54) is 11.3 Å². The van der Waals surface area contributed by atoms with E-state index >= 15 is 0 Å². The fourth-order valence-electron chi connectivity index (χ4n) is 3.76. The standard InChI is InChI=1S/C15H18N4O/c1-3-15(20)18-10-4-5-12(18)11-8-16-14-6-9(2)17-19(14)13(11)7-10/h6,8,10,12H,3-5,7H2,1-2H3/t10-,12-/m0/s1. The lowest BCUT2D eigenvalue weighted by Gasteiger charge is -2.36. The van der Waals surface area contributed by atoms with E-state index in [-0.39, 0.29) is 11.9 Å². The van der Waals surface area contributed by atoms with E-state index in [0.717, 1.165) is 30.6 Å². The van der Waals surface area contributed by atoms with E-state index in [2.05, 4.69) is 15.0 Å². The topological polar surface area (TPSA) is 50.5 Å². The quantitative estimate of drug-likeness (QED) is 0.796. The molecule has 5 nitrogen and oxygen atoms in total. The summed E-state index contributed by atoms with van der Waals surface area (Å²) in [7, 11) is 0. The first-order valence-electron chi connectivity index (χ1n) is 7.34. The molecule has 0 aromatic carbocycles. The molecule has 0 spiro atoms. The van der Waals surface area contributed by atoms with Gasteiger partial charge >= 0.3 is 0 Å². The number of amides is 1. The summed E-state index contributed by atoms with van der Waals surface area (Å²) >= 11 is 0. The van der Waals surface area contributed by atoms with Crippen molar-refractivity contribution in [3.05, 3.63) is 29.2 Å².